The van der Waals surface area contributed by atoms with Crippen LogP contribution in [0, 0.1) is 12.8 Å². The van der Waals surface area contributed by atoms with Gasteiger partial charge in [-0.1, -0.05) is 41.4 Å². The van der Waals surface area contributed by atoms with Gasteiger partial charge >= 0.3 is 5.97 Å². The highest BCUT2D eigenvalue weighted by atomic mass is 35.5. The third-order valence-corrected chi connectivity index (χ3v) is 6.18. The summed E-state index contributed by atoms with van der Waals surface area (Å²) in [5.74, 6) is 0.607. The smallest absolute Gasteiger partial charge is 0.306 e. The number of carboxylic acid groups (broad SMARTS) is 1. The van der Waals surface area contributed by atoms with Gasteiger partial charge < -0.3 is 14.4 Å². The van der Waals surface area contributed by atoms with E-state index in [1.54, 1.807) is 0 Å². The number of aromatic nitrogens is 2. The van der Waals surface area contributed by atoms with Crippen LogP contribution in [0.25, 0.3) is 11.0 Å². The van der Waals surface area contributed by atoms with Crippen LogP contribution in [0.3, 0.4) is 0 Å². The Balaban J connectivity index is 1.55. The summed E-state index contributed by atoms with van der Waals surface area (Å²) in [4.78, 5) is 15.9. The van der Waals surface area contributed by atoms with Gasteiger partial charge in [0.05, 0.1) is 17.5 Å². The SMILES string of the molecule is Cc1cccc(Cc2nc3c(Cl)c(O[C@H]4CC[C@@H](C(=O)O)CC4)ccc3n2C)c1. The summed E-state index contributed by atoms with van der Waals surface area (Å²) in [5, 5.41) is 9.68. The molecule has 4 rings (SSSR count). The van der Waals surface area contributed by atoms with Gasteiger partial charge in [-0.25, -0.2) is 4.98 Å². The number of benzene rings is 2. The fraction of sp³-hybridized carbons (Fsp3) is 0.391. The van der Waals surface area contributed by atoms with E-state index in [9.17, 15) is 4.79 Å². The van der Waals surface area contributed by atoms with Crippen LogP contribution in [0.15, 0.2) is 36.4 Å². The molecule has 1 heterocycles. The number of carbonyl (C=O) groups is 1. The Labute approximate surface area is 175 Å². The molecule has 0 spiro atoms. The molecule has 1 aliphatic carbocycles. The molecule has 2 aromatic carbocycles. The zero-order valence-electron chi connectivity index (χ0n) is 16.7. The molecule has 0 bridgehead atoms. The predicted molar refractivity (Wildman–Crippen MR) is 114 cm³/mol. The number of hydrogen-bond donors (Lipinski definition) is 1. The van der Waals surface area contributed by atoms with Gasteiger partial charge in [0, 0.05) is 13.5 Å². The second kappa shape index (κ2) is 8.07. The third-order valence-electron chi connectivity index (χ3n) is 5.81. The molecule has 0 atom stereocenters. The first kappa shape index (κ1) is 19.8. The summed E-state index contributed by atoms with van der Waals surface area (Å²) >= 11 is 6.66. The molecule has 3 aromatic rings. The van der Waals surface area contributed by atoms with E-state index in [2.05, 4.69) is 35.8 Å². The lowest BCUT2D eigenvalue weighted by Crippen LogP contribution is -2.27. The lowest BCUT2D eigenvalue weighted by atomic mass is 9.87. The molecule has 29 heavy (non-hydrogen) atoms. The molecule has 152 valence electrons. The third kappa shape index (κ3) is 4.10. The number of aliphatic carboxylic acids is 1. The van der Waals surface area contributed by atoms with Crippen molar-refractivity contribution in [3.63, 3.8) is 0 Å². The zero-order chi connectivity index (χ0) is 20.5. The van der Waals surface area contributed by atoms with E-state index in [-0.39, 0.29) is 12.0 Å². The summed E-state index contributed by atoms with van der Waals surface area (Å²) in [6, 6.07) is 12.3. The average Bonchev–Trinajstić information content (AvgIpc) is 3.01. The fourth-order valence-corrected chi connectivity index (χ4v) is 4.36. The van der Waals surface area contributed by atoms with E-state index < -0.39 is 5.97 Å². The highest BCUT2D eigenvalue weighted by molar-refractivity contribution is 6.36. The van der Waals surface area contributed by atoms with Gasteiger partial charge in [-0.3, -0.25) is 4.79 Å². The Hall–Kier alpha value is -2.53. The second-order valence-corrected chi connectivity index (χ2v) is 8.31. The van der Waals surface area contributed by atoms with Crippen LogP contribution in [0.2, 0.25) is 5.02 Å². The molecular formula is C23H25ClN2O3. The Morgan fingerprint density at radius 3 is 2.69 bits per heavy atom. The van der Waals surface area contributed by atoms with E-state index in [1.807, 2.05) is 19.2 Å². The van der Waals surface area contributed by atoms with E-state index in [0.717, 1.165) is 36.1 Å². The molecule has 0 saturated heterocycles. The van der Waals surface area contributed by atoms with Crippen LogP contribution in [0.1, 0.15) is 42.6 Å². The van der Waals surface area contributed by atoms with Crippen molar-refractivity contribution in [2.75, 3.05) is 0 Å². The van der Waals surface area contributed by atoms with Crippen LogP contribution >= 0.6 is 11.6 Å². The van der Waals surface area contributed by atoms with E-state index in [0.29, 0.717) is 23.6 Å². The molecule has 0 unspecified atom stereocenters. The normalized spacial score (nSPS) is 19.4. The number of nitrogens with zero attached hydrogens (tertiary/aromatic N) is 2. The van der Waals surface area contributed by atoms with E-state index in [1.165, 1.54) is 11.1 Å². The number of imidazole rings is 1. The van der Waals surface area contributed by atoms with Crippen LogP contribution in [-0.2, 0) is 18.3 Å². The first-order valence-electron chi connectivity index (χ1n) is 10.0. The maximum absolute atomic E-state index is 11.1. The largest absolute Gasteiger partial charge is 0.489 e. The van der Waals surface area contributed by atoms with E-state index >= 15 is 0 Å². The van der Waals surface area contributed by atoms with Crippen molar-refractivity contribution in [1.29, 1.82) is 0 Å². The molecular weight excluding hydrogens is 388 g/mol. The van der Waals surface area contributed by atoms with Gasteiger partial charge in [0.2, 0.25) is 0 Å². The van der Waals surface area contributed by atoms with Crippen molar-refractivity contribution in [1.82, 2.24) is 9.55 Å². The Morgan fingerprint density at radius 1 is 1.24 bits per heavy atom. The van der Waals surface area contributed by atoms with Crippen LogP contribution < -0.4 is 4.74 Å². The molecule has 1 aromatic heterocycles. The number of carboxylic acids is 1. The molecule has 1 fully saturated rings. The summed E-state index contributed by atoms with van der Waals surface area (Å²) in [5.41, 5.74) is 4.16. The van der Waals surface area contributed by atoms with Gasteiger partial charge in [-0.2, -0.15) is 0 Å². The van der Waals surface area contributed by atoms with Crippen molar-refractivity contribution in [2.45, 2.75) is 45.1 Å². The fourth-order valence-electron chi connectivity index (χ4n) is 4.12. The number of fused-ring (bicyclic) bond motifs is 1. The Bertz CT molecular complexity index is 1050. The lowest BCUT2D eigenvalue weighted by molar-refractivity contribution is -0.143. The Morgan fingerprint density at radius 2 is 2.00 bits per heavy atom. The standard InChI is InChI=1S/C23H25ClN2O3/c1-14-4-3-5-15(12-14)13-20-25-22-18(26(20)2)10-11-19(21(22)24)29-17-8-6-16(7-9-17)23(27)28/h3-5,10-12,16-17H,6-9,13H2,1-2H3,(H,27,28)/t16-,17+. The summed E-state index contributed by atoms with van der Waals surface area (Å²) in [7, 11) is 2.00. The van der Waals surface area contributed by atoms with Crippen LogP contribution in [0.4, 0.5) is 0 Å². The number of ether oxygens (including phenoxy) is 1. The van der Waals surface area contributed by atoms with Crippen molar-refractivity contribution in [2.24, 2.45) is 13.0 Å². The molecule has 0 radical (unpaired) electrons. The first-order chi connectivity index (χ1) is 13.9. The van der Waals surface area contributed by atoms with Gasteiger partial charge in [0.25, 0.3) is 0 Å². The van der Waals surface area contributed by atoms with Gasteiger partial charge in [-0.05, 0) is 50.3 Å². The second-order valence-electron chi connectivity index (χ2n) is 7.93. The lowest BCUT2D eigenvalue weighted by Gasteiger charge is -2.27. The maximum Gasteiger partial charge on any atom is 0.306 e. The highest BCUT2D eigenvalue weighted by Gasteiger charge is 2.27. The maximum atomic E-state index is 11.1. The number of aryl methyl sites for hydroxylation is 2. The van der Waals surface area contributed by atoms with Gasteiger partial charge in [0.1, 0.15) is 22.1 Å². The quantitative estimate of drug-likeness (QED) is 0.629. The topological polar surface area (TPSA) is 64.3 Å². The molecule has 0 aliphatic heterocycles. The average molecular weight is 413 g/mol. The van der Waals surface area contributed by atoms with Crippen molar-refractivity contribution >= 4 is 28.6 Å². The molecule has 6 heteroatoms. The summed E-state index contributed by atoms with van der Waals surface area (Å²) in [6.45, 7) is 2.09. The van der Waals surface area contributed by atoms with Crippen LogP contribution in [0.5, 0.6) is 5.75 Å². The monoisotopic (exact) mass is 412 g/mol. The van der Waals surface area contributed by atoms with Crippen molar-refractivity contribution < 1.29 is 14.6 Å². The predicted octanol–water partition coefficient (Wildman–Crippen LogP) is 5.15. The first-order valence-corrected chi connectivity index (χ1v) is 10.4. The highest BCUT2D eigenvalue weighted by Crippen LogP contribution is 2.36. The molecule has 5 nitrogen and oxygen atoms in total. The Kier molecular flexibility index (Phi) is 5.50. The van der Waals surface area contributed by atoms with Gasteiger partial charge in [0.15, 0.2) is 0 Å². The number of halogens is 1. The summed E-state index contributed by atoms with van der Waals surface area (Å²) < 4.78 is 8.21. The minimum Gasteiger partial charge on any atom is -0.489 e. The minimum atomic E-state index is -0.711. The zero-order valence-corrected chi connectivity index (χ0v) is 17.4. The number of hydrogen-bond acceptors (Lipinski definition) is 3. The minimum absolute atomic E-state index is 0.00368. The van der Waals surface area contributed by atoms with Crippen molar-refractivity contribution in [3.05, 3.63) is 58.4 Å². The number of rotatable bonds is 5. The molecule has 1 aliphatic rings. The molecule has 0 amide bonds. The van der Waals surface area contributed by atoms with Crippen molar-refractivity contribution in [3.8, 4) is 5.75 Å². The summed E-state index contributed by atoms with van der Waals surface area (Å²) in [6.07, 6.45) is 3.47. The van der Waals surface area contributed by atoms with E-state index in [4.69, 9.17) is 26.4 Å². The van der Waals surface area contributed by atoms with Crippen LogP contribution in [-0.4, -0.2) is 26.7 Å². The molecule has 1 N–H and O–H groups in total. The van der Waals surface area contributed by atoms with Gasteiger partial charge in [-0.15, -0.1) is 0 Å². The molecule has 1 saturated carbocycles.